The molecule has 0 radical (unpaired) electrons. The van der Waals surface area contributed by atoms with Gasteiger partial charge >= 0.3 is 0 Å². The summed E-state index contributed by atoms with van der Waals surface area (Å²) in [5.74, 6) is 2.69. The molecule has 0 N–H and O–H groups in total. The SMILES string of the molecule is Cc1nc(SC(C)C#N)n(C(C)C2CC3CCC2C3)c1C. The Balaban J connectivity index is 1.88. The Morgan fingerprint density at radius 2 is 2.05 bits per heavy atom. The first-order chi connectivity index (χ1) is 10.0. The molecule has 2 saturated carbocycles. The van der Waals surface area contributed by atoms with Crippen LogP contribution in [0.15, 0.2) is 5.16 Å². The second kappa shape index (κ2) is 5.68. The molecule has 114 valence electrons. The number of aryl methyl sites for hydroxylation is 1. The topological polar surface area (TPSA) is 41.6 Å². The van der Waals surface area contributed by atoms with Gasteiger partial charge in [0.2, 0.25) is 0 Å². The maximum absolute atomic E-state index is 9.09. The van der Waals surface area contributed by atoms with Gasteiger partial charge < -0.3 is 4.57 Å². The average Bonchev–Trinajstić information content (AvgIpc) is 3.14. The number of nitrogens with zero attached hydrogens (tertiary/aromatic N) is 3. The van der Waals surface area contributed by atoms with Crippen LogP contribution in [0.2, 0.25) is 0 Å². The van der Waals surface area contributed by atoms with Crippen molar-refractivity contribution in [2.75, 3.05) is 0 Å². The van der Waals surface area contributed by atoms with Crippen molar-refractivity contribution in [3.63, 3.8) is 0 Å². The van der Waals surface area contributed by atoms with Crippen molar-refractivity contribution >= 4 is 11.8 Å². The highest BCUT2D eigenvalue weighted by Gasteiger charge is 2.43. The van der Waals surface area contributed by atoms with E-state index in [0.717, 1.165) is 28.6 Å². The summed E-state index contributed by atoms with van der Waals surface area (Å²) in [5.41, 5.74) is 2.38. The van der Waals surface area contributed by atoms with E-state index in [-0.39, 0.29) is 5.25 Å². The molecule has 1 aromatic rings. The number of fused-ring (bicyclic) bond motifs is 2. The minimum Gasteiger partial charge on any atom is -0.320 e. The first kappa shape index (κ1) is 15.0. The molecule has 5 atom stereocenters. The van der Waals surface area contributed by atoms with E-state index in [0.29, 0.717) is 6.04 Å². The van der Waals surface area contributed by atoms with Crippen molar-refractivity contribution in [1.29, 1.82) is 5.26 Å². The zero-order chi connectivity index (χ0) is 15.1. The summed E-state index contributed by atoms with van der Waals surface area (Å²) in [4.78, 5) is 4.73. The van der Waals surface area contributed by atoms with Crippen LogP contribution in [0, 0.1) is 42.9 Å². The van der Waals surface area contributed by atoms with E-state index in [1.807, 2.05) is 6.92 Å². The Morgan fingerprint density at radius 1 is 1.29 bits per heavy atom. The van der Waals surface area contributed by atoms with Crippen molar-refractivity contribution in [1.82, 2.24) is 9.55 Å². The second-order valence-electron chi connectivity index (χ2n) is 6.90. The molecule has 2 bridgehead atoms. The Labute approximate surface area is 132 Å². The first-order valence-electron chi connectivity index (χ1n) is 8.13. The van der Waals surface area contributed by atoms with E-state index >= 15 is 0 Å². The van der Waals surface area contributed by atoms with E-state index in [1.165, 1.54) is 31.4 Å². The fourth-order valence-electron chi connectivity index (χ4n) is 4.42. The van der Waals surface area contributed by atoms with Gasteiger partial charge in [0.05, 0.1) is 17.0 Å². The van der Waals surface area contributed by atoms with Gasteiger partial charge in [-0.2, -0.15) is 5.26 Å². The maximum Gasteiger partial charge on any atom is 0.169 e. The second-order valence-corrected chi connectivity index (χ2v) is 8.21. The van der Waals surface area contributed by atoms with Gasteiger partial charge in [-0.15, -0.1) is 0 Å². The molecule has 0 spiro atoms. The third-order valence-electron chi connectivity index (χ3n) is 5.64. The Bertz CT molecular complexity index is 571. The van der Waals surface area contributed by atoms with Crippen molar-refractivity contribution in [3.8, 4) is 6.07 Å². The number of thioether (sulfide) groups is 1. The van der Waals surface area contributed by atoms with Gasteiger partial charge in [-0.25, -0.2) is 4.98 Å². The Morgan fingerprint density at radius 3 is 2.62 bits per heavy atom. The number of aromatic nitrogens is 2. The summed E-state index contributed by atoms with van der Waals surface area (Å²) in [6.07, 6.45) is 5.70. The lowest BCUT2D eigenvalue weighted by molar-refractivity contribution is 0.232. The van der Waals surface area contributed by atoms with Crippen molar-refractivity contribution in [2.45, 2.75) is 69.8 Å². The molecule has 1 aromatic heterocycles. The van der Waals surface area contributed by atoms with Gasteiger partial charge in [-0.3, -0.25) is 0 Å². The fourth-order valence-corrected chi connectivity index (χ4v) is 5.39. The number of hydrogen-bond acceptors (Lipinski definition) is 3. The Kier molecular flexibility index (Phi) is 4.05. The molecule has 4 heteroatoms. The molecule has 0 aromatic carbocycles. The maximum atomic E-state index is 9.09. The molecule has 0 amide bonds. The minimum absolute atomic E-state index is 0.0443. The highest BCUT2D eigenvalue weighted by atomic mass is 32.2. The van der Waals surface area contributed by atoms with E-state index < -0.39 is 0 Å². The zero-order valence-corrected chi connectivity index (χ0v) is 14.3. The monoisotopic (exact) mass is 303 g/mol. The molecule has 2 aliphatic carbocycles. The average molecular weight is 303 g/mol. The third kappa shape index (κ3) is 2.61. The Hall–Kier alpha value is -0.950. The molecule has 0 saturated heterocycles. The summed E-state index contributed by atoms with van der Waals surface area (Å²) >= 11 is 1.60. The predicted molar refractivity (Wildman–Crippen MR) is 86.3 cm³/mol. The van der Waals surface area contributed by atoms with Gasteiger partial charge in [0.15, 0.2) is 5.16 Å². The highest BCUT2D eigenvalue weighted by Crippen LogP contribution is 2.52. The normalized spacial score (nSPS) is 30.3. The number of hydrogen-bond donors (Lipinski definition) is 0. The van der Waals surface area contributed by atoms with Crippen LogP contribution >= 0.6 is 11.8 Å². The molecule has 3 nitrogen and oxygen atoms in total. The van der Waals surface area contributed by atoms with E-state index in [4.69, 9.17) is 10.2 Å². The number of rotatable bonds is 4. The lowest BCUT2D eigenvalue weighted by Crippen LogP contribution is -2.23. The van der Waals surface area contributed by atoms with Crippen LogP contribution < -0.4 is 0 Å². The van der Waals surface area contributed by atoms with Crippen LogP contribution in [0.25, 0.3) is 0 Å². The van der Waals surface area contributed by atoms with Gasteiger partial charge in [0, 0.05) is 11.7 Å². The van der Waals surface area contributed by atoms with Crippen LogP contribution in [0.5, 0.6) is 0 Å². The van der Waals surface area contributed by atoms with Crippen molar-refractivity contribution < 1.29 is 0 Å². The minimum atomic E-state index is -0.0443. The van der Waals surface area contributed by atoms with Crippen LogP contribution in [0.1, 0.15) is 57.0 Å². The largest absolute Gasteiger partial charge is 0.320 e. The van der Waals surface area contributed by atoms with Gasteiger partial charge in [0.1, 0.15) is 0 Å². The molecule has 21 heavy (non-hydrogen) atoms. The standard InChI is InChI=1S/C17H25N3S/c1-10(9-18)21-17-19-11(2)12(3)20(17)13(4)16-8-14-5-6-15(16)7-14/h10,13-16H,5-8H2,1-4H3. The molecule has 2 aliphatic rings. The highest BCUT2D eigenvalue weighted by molar-refractivity contribution is 8.00. The van der Waals surface area contributed by atoms with Crippen LogP contribution in [0.4, 0.5) is 0 Å². The quantitative estimate of drug-likeness (QED) is 0.769. The first-order valence-corrected chi connectivity index (χ1v) is 9.01. The van der Waals surface area contributed by atoms with E-state index in [2.05, 4.69) is 31.4 Å². The van der Waals surface area contributed by atoms with E-state index in [1.54, 1.807) is 11.8 Å². The molecule has 5 unspecified atom stereocenters. The van der Waals surface area contributed by atoms with E-state index in [9.17, 15) is 0 Å². The van der Waals surface area contributed by atoms with Gasteiger partial charge in [-0.05, 0) is 64.7 Å². The summed E-state index contributed by atoms with van der Waals surface area (Å²) in [7, 11) is 0. The fraction of sp³-hybridized carbons (Fsp3) is 0.765. The molecule has 2 fully saturated rings. The van der Waals surface area contributed by atoms with Crippen LogP contribution in [-0.4, -0.2) is 14.8 Å². The zero-order valence-electron chi connectivity index (χ0n) is 13.5. The lowest BCUT2D eigenvalue weighted by Gasteiger charge is -2.30. The third-order valence-corrected chi connectivity index (χ3v) is 6.60. The predicted octanol–water partition coefficient (Wildman–Crippen LogP) is 4.50. The number of nitriles is 1. The summed E-state index contributed by atoms with van der Waals surface area (Å²) in [6.45, 7) is 8.57. The summed E-state index contributed by atoms with van der Waals surface area (Å²) in [6, 6.07) is 2.82. The van der Waals surface area contributed by atoms with Gasteiger partial charge in [0.25, 0.3) is 0 Å². The molecule has 0 aliphatic heterocycles. The van der Waals surface area contributed by atoms with Crippen molar-refractivity contribution in [3.05, 3.63) is 11.4 Å². The molecule has 1 heterocycles. The van der Waals surface area contributed by atoms with Gasteiger partial charge in [-0.1, -0.05) is 18.2 Å². The van der Waals surface area contributed by atoms with Crippen LogP contribution in [0.3, 0.4) is 0 Å². The number of imidazole rings is 1. The smallest absolute Gasteiger partial charge is 0.169 e. The molecular formula is C17H25N3S. The summed E-state index contributed by atoms with van der Waals surface area (Å²) in [5, 5.41) is 10.1. The molecular weight excluding hydrogens is 278 g/mol. The van der Waals surface area contributed by atoms with Crippen LogP contribution in [-0.2, 0) is 0 Å². The summed E-state index contributed by atoms with van der Waals surface area (Å²) < 4.78 is 2.42. The molecule has 3 rings (SSSR count). The lowest BCUT2D eigenvalue weighted by atomic mass is 9.84. The van der Waals surface area contributed by atoms with Crippen molar-refractivity contribution in [2.24, 2.45) is 17.8 Å².